The summed E-state index contributed by atoms with van der Waals surface area (Å²) in [7, 11) is 0. The lowest BCUT2D eigenvalue weighted by Crippen LogP contribution is -2.32. The molecular formula is C16H12ClF2NO2. The first kappa shape index (κ1) is 14.8. The van der Waals surface area contributed by atoms with Gasteiger partial charge in [0.15, 0.2) is 11.6 Å². The van der Waals surface area contributed by atoms with Crippen LogP contribution in [0.15, 0.2) is 36.4 Å². The number of amides is 1. The molecule has 114 valence electrons. The summed E-state index contributed by atoms with van der Waals surface area (Å²) in [6.07, 6.45) is 0.587. The monoisotopic (exact) mass is 323 g/mol. The van der Waals surface area contributed by atoms with Crippen molar-refractivity contribution in [2.45, 2.75) is 12.5 Å². The van der Waals surface area contributed by atoms with Gasteiger partial charge in [0.1, 0.15) is 5.75 Å². The van der Waals surface area contributed by atoms with Crippen molar-refractivity contribution in [1.82, 2.24) is 5.32 Å². The summed E-state index contributed by atoms with van der Waals surface area (Å²) in [5, 5.41) is 2.66. The minimum Gasteiger partial charge on any atom is -0.493 e. The molecule has 0 radical (unpaired) electrons. The van der Waals surface area contributed by atoms with Crippen LogP contribution in [0.3, 0.4) is 0 Å². The molecule has 1 atom stereocenters. The van der Waals surface area contributed by atoms with E-state index in [-0.39, 0.29) is 16.6 Å². The number of nitrogens with one attached hydrogen (secondary N) is 1. The zero-order valence-electron chi connectivity index (χ0n) is 11.4. The van der Waals surface area contributed by atoms with Gasteiger partial charge < -0.3 is 10.1 Å². The molecule has 22 heavy (non-hydrogen) atoms. The highest BCUT2D eigenvalue weighted by Gasteiger charge is 2.24. The maximum absolute atomic E-state index is 13.3. The zero-order chi connectivity index (χ0) is 15.7. The molecule has 0 spiro atoms. The van der Waals surface area contributed by atoms with E-state index in [9.17, 15) is 13.6 Å². The average Bonchev–Trinajstić information content (AvgIpc) is 2.51. The van der Waals surface area contributed by atoms with Crippen LogP contribution in [0.5, 0.6) is 5.75 Å². The number of carbonyl (C=O) groups is 1. The largest absolute Gasteiger partial charge is 0.493 e. The van der Waals surface area contributed by atoms with Crippen LogP contribution in [-0.2, 0) is 0 Å². The van der Waals surface area contributed by atoms with Crippen molar-refractivity contribution in [2.24, 2.45) is 0 Å². The van der Waals surface area contributed by atoms with Crippen LogP contribution in [0.4, 0.5) is 8.78 Å². The van der Waals surface area contributed by atoms with Crippen LogP contribution >= 0.6 is 11.6 Å². The highest BCUT2D eigenvalue weighted by molar-refractivity contribution is 6.33. The highest BCUT2D eigenvalue weighted by Crippen LogP contribution is 2.32. The maximum Gasteiger partial charge on any atom is 0.253 e. The Labute approximate surface area is 130 Å². The van der Waals surface area contributed by atoms with Crippen molar-refractivity contribution in [3.8, 4) is 5.75 Å². The lowest BCUT2D eigenvalue weighted by Gasteiger charge is -2.26. The van der Waals surface area contributed by atoms with Crippen LogP contribution < -0.4 is 10.1 Å². The van der Waals surface area contributed by atoms with E-state index in [1.54, 1.807) is 0 Å². The summed E-state index contributed by atoms with van der Waals surface area (Å²) >= 11 is 5.82. The normalized spacial score (nSPS) is 16.6. The maximum atomic E-state index is 13.3. The third kappa shape index (κ3) is 2.76. The van der Waals surface area contributed by atoms with E-state index in [0.717, 1.165) is 17.7 Å². The van der Waals surface area contributed by atoms with Gasteiger partial charge in [-0.1, -0.05) is 29.8 Å². The summed E-state index contributed by atoms with van der Waals surface area (Å²) in [5.41, 5.74) is 0.755. The van der Waals surface area contributed by atoms with Crippen LogP contribution in [0.2, 0.25) is 5.02 Å². The highest BCUT2D eigenvalue weighted by atomic mass is 35.5. The first-order chi connectivity index (χ1) is 10.6. The van der Waals surface area contributed by atoms with Gasteiger partial charge >= 0.3 is 0 Å². The van der Waals surface area contributed by atoms with Crippen molar-refractivity contribution in [3.63, 3.8) is 0 Å². The Morgan fingerprint density at radius 1 is 1.23 bits per heavy atom. The number of hydrogen-bond acceptors (Lipinski definition) is 2. The number of halogens is 3. The van der Waals surface area contributed by atoms with E-state index in [2.05, 4.69) is 5.32 Å². The molecule has 1 aliphatic heterocycles. The Morgan fingerprint density at radius 3 is 2.77 bits per heavy atom. The van der Waals surface area contributed by atoms with E-state index in [1.807, 2.05) is 24.3 Å². The molecule has 2 aromatic carbocycles. The minimum absolute atomic E-state index is 0.0930. The fraction of sp³-hybridized carbons (Fsp3) is 0.188. The molecular weight excluding hydrogens is 312 g/mol. The molecule has 1 amide bonds. The van der Waals surface area contributed by atoms with E-state index in [0.29, 0.717) is 18.8 Å². The first-order valence-corrected chi connectivity index (χ1v) is 7.11. The van der Waals surface area contributed by atoms with Gasteiger partial charge in [-0.2, -0.15) is 0 Å². The summed E-state index contributed by atoms with van der Waals surface area (Å²) in [4.78, 5) is 12.3. The molecule has 3 nitrogen and oxygen atoms in total. The molecule has 6 heteroatoms. The molecule has 0 saturated carbocycles. The fourth-order valence-corrected chi connectivity index (χ4v) is 2.66. The Balaban J connectivity index is 1.85. The van der Waals surface area contributed by atoms with Crippen LogP contribution in [0, 0.1) is 11.6 Å². The number of hydrogen-bond donors (Lipinski definition) is 1. The quantitative estimate of drug-likeness (QED) is 0.852. The molecule has 1 unspecified atom stereocenters. The SMILES string of the molecule is O=C(NC1CCOc2ccccc21)c1cc(F)c(F)cc1Cl. The number of rotatable bonds is 2. The minimum atomic E-state index is -1.11. The molecule has 1 N–H and O–H groups in total. The lowest BCUT2D eigenvalue weighted by atomic mass is 10.00. The molecule has 0 fully saturated rings. The van der Waals surface area contributed by atoms with Crippen molar-refractivity contribution in [2.75, 3.05) is 6.61 Å². The summed E-state index contributed by atoms with van der Waals surface area (Å²) in [6, 6.07) is 8.69. The van der Waals surface area contributed by atoms with Crippen LogP contribution in [0.25, 0.3) is 0 Å². The third-order valence-electron chi connectivity index (χ3n) is 3.52. The molecule has 0 bridgehead atoms. The predicted molar refractivity (Wildman–Crippen MR) is 78.1 cm³/mol. The van der Waals surface area contributed by atoms with Gasteiger partial charge in [-0.05, 0) is 18.2 Å². The summed E-state index contributed by atoms with van der Waals surface area (Å²) in [5.74, 6) is -2.04. The van der Waals surface area contributed by atoms with Gasteiger partial charge in [0, 0.05) is 12.0 Å². The van der Waals surface area contributed by atoms with Gasteiger partial charge in [-0.25, -0.2) is 8.78 Å². The molecule has 1 aliphatic rings. The van der Waals surface area contributed by atoms with Gasteiger partial charge in [-0.15, -0.1) is 0 Å². The average molecular weight is 324 g/mol. The van der Waals surface area contributed by atoms with E-state index < -0.39 is 17.5 Å². The second-order valence-electron chi connectivity index (χ2n) is 4.95. The Bertz CT molecular complexity index is 736. The first-order valence-electron chi connectivity index (χ1n) is 6.73. The number of ether oxygens (including phenoxy) is 1. The van der Waals surface area contributed by atoms with Crippen molar-refractivity contribution in [3.05, 3.63) is 64.2 Å². The van der Waals surface area contributed by atoms with E-state index in [4.69, 9.17) is 16.3 Å². The number of para-hydroxylation sites is 1. The van der Waals surface area contributed by atoms with Gasteiger partial charge in [-0.3, -0.25) is 4.79 Å². The van der Waals surface area contributed by atoms with Crippen molar-refractivity contribution < 1.29 is 18.3 Å². The van der Waals surface area contributed by atoms with Gasteiger partial charge in [0.05, 0.1) is 23.2 Å². The van der Waals surface area contributed by atoms with Gasteiger partial charge in [0.25, 0.3) is 5.91 Å². The third-order valence-corrected chi connectivity index (χ3v) is 3.83. The molecule has 0 aliphatic carbocycles. The molecule has 1 heterocycles. The molecule has 2 aromatic rings. The van der Waals surface area contributed by atoms with Crippen molar-refractivity contribution in [1.29, 1.82) is 0 Å². The second kappa shape index (κ2) is 5.93. The smallest absolute Gasteiger partial charge is 0.253 e. The van der Waals surface area contributed by atoms with E-state index >= 15 is 0 Å². The predicted octanol–water partition coefficient (Wildman–Crippen LogP) is 3.87. The fourth-order valence-electron chi connectivity index (χ4n) is 2.42. The van der Waals surface area contributed by atoms with Crippen LogP contribution in [0.1, 0.15) is 28.4 Å². The number of benzene rings is 2. The molecule has 0 aromatic heterocycles. The topological polar surface area (TPSA) is 38.3 Å². The molecule has 3 rings (SSSR count). The Hall–Kier alpha value is -2.14. The van der Waals surface area contributed by atoms with Gasteiger partial charge in [0.2, 0.25) is 0 Å². The zero-order valence-corrected chi connectivity index (χ0v) is 12.2. The summed E-state index contributed by atoms with van der Waals surface area (Å²) in [6.45, 7) is 0.466. The Kier molecular flexibility index (Phi) is 3.98. The summed E-state index contributed by atoms with van der Waals surface area (Å²) < 4.78 is 31.9. The standard InChI is InChI=1S/C16H12ClF2NO2/c17-11-8-13(19)12(18)7-10(11)16(21)20-14-5-6-22-15-4-2-1-3-9(14)15/h1-4,7-8,14H,5-6H2,(H,20,21). The van der Waals surface area contributed by atoms with Crippen molar-refractivity contribution >= 4 is 17.5 Å². The lowest BCUT2D eigenvalue weighted by molar-refractivity contribution is 0.0924. The number of carbonyl (C=O) groups excluding carboxylic acids is 1. The molecule has 0 saturated heterocycles. The number of fused-ring (bicyclic) bond motifs is 1. The van der Waals surface area contributed by atoms with E-state index in [1.165, 1.54) is 0 Å². The van der Waals surface area contributed by atoms with Crippen LogP contribution in [-0.4, -0.2) is 12.5 Å². The second-order valence-corrected chi connectivity index (χ2v) is 5.35. The Morgan fingerprint density at radius 2 is 1.95 bits per heavy atom.